The maximum atomic E-state index is 12.3. The van der Waals surface area contributed by atoms with Crippen LogP contribution >= 0.6 is 11.3 Å². The molecule has 0 radical (unpaired) electrons. The fourth-order valence-electron chi connectivity index (χ4n) is 3.77. The van der Waals surface area contributed by atoms with Crippen molar-refractivity contribution in [3.05, 3.63) is 28.2 Å². The van der Waals surface area contributed by atoms with Gasteiger partial charge in [-0.3, -0.25) is 9.69 Å². The average molecular weight is 346 g/mol. The zero-order chi connectivity index (χ0) is 16.7. The van der Waals surface area contributed by atoms with Crippen LogP contribution in [0.2, 0.25) is 0 Å². The van der Waals surface area contributed by atoms with E-state index in [0.717, 1.165) is 38.4 Å². The van der Waals surface area contributed by atoms with E-state index in [1.54, 1.807) is 11.3 Å². The maximum absolute atomic E-state index is 12.3. The lowest BCUT2D eigenvalue weighted by atomic mass is 9.89. The highest BCUT2D eigenvalue weighted by molar-refractivity contribution is 7.09. The number of fused-ring (bicyclic) bond motifs is 2. The van der Waals surface area contributed by atoms with Crippen molar-refractivity contribution in [2.24, 2.45) is 11.8 Å². The van der Waals surface area contributed by atoms with Crippen LogP contribution in [0.1, 0.15) is 35.3 Å². The van der Waals surface area contributed by atoms with Crippen molar-refractivity contribution in [3.8, 4) is 0 Å². The molecule has 1 saturated heterocycles. The molecule has 0 saturated carbocycles. The van der Waals surface area contributed by atoms with E-state index in [2.05, 4.69) is 25.4 Å². The van der Waals surface area contributed by atoms with E-state index in [4.69, 9.17) is 0 Å². The molecular formula is C16H22N6OS. The Morgan fingerprint density at radius 2 is 2.17 bits per heavy atom. The van der Waals surface area contributed by atoms with Crippen LogP contribution < -0.4 is 5.32 Å². The zero-order valence-corrected chi connectivity index (χ0v) is 14.8. The molecule has 2 atom stereocenters. The van der Waals surface area contributed by atoms with Gasteiger partial charge in [-0.15, -0.1) is 21.5 Å². The first-order chi connectivity index (χ1) is 11.6. The lowest BCUT2D eigenvalue weighted by Gasteiger charge is -2.25. The summed E-state index contributed by atoms with van der Waals surface area (Å²) < 4.78 is 2.02. The van der Waals surface area contributed by atoms with Gasteiger partial charge in [-0.2, -0.15) is 0 Å². The van der Waals surface area contributed by atoms with Gasteiger partial charge in [0.05, 0.1) is 6.54 Å². The van der Waals surface area contributed by atoms with Crippen LogP contribution in [-0.4, -0.2) is 49.7 Å². The van der Waals surface area contributed by atoms with E-state index in [-0.39, 0.29) is 11.9 Å². The molecule has 0 aromatic carbocycles. The van der Waals surface area contributed by atoms with E-state index in [1.165, 1.54) is 5.01 Å². The van der Waals surface area contributed by atoms with Gasteiger partial charge in [-0.1, -0.05) is 0 Å². The second-order valence-corrected chi connectivity index (χ2v) is 8.00. The van der Waals surface area contributed by atoms with Gasteiger partial charge in [0.2, 0.25) is 5.82 Å². The van der Waals surface area contributed by atoms with Gasteiger partial charge in [0, 0.05) is 43.7 Å². The van der Waals surface area contributed by atoms with Gasteiger partial charge in [-0.25, -0.2) is 4.98 Å². The molecule has 4 rings (SSSR count). The topological polar surface area (TPSA) is 75.9 Å². The van der Waals surface area contributed by atoms with Gasteiger partial charge >= 0.3 is 0 Å². The number of thiazole rings is 1. The van der Waals surface area contributed by atoms with Crippen LogP contribution in [0.4, 0.5) is 0 Å². The molecule has 1 N–H and O–H groups in total. The van der Waals surface area contributed by atoms with Crippen LogP contribution in [0.5, 0.6) is 0 Å². The number of carbonyl (C=O) groups excluding carboxylic acids is 1. The zero-order valence-electron chi connectivity index (χ0n) is 14.0. The lowest BCUT2D eigenvalue weighted by Crippen LogP contribution is -2.35. The smallest absolute Gasteiger partial charge is 0.289 e. The minimum atomic E-state index is -0.125. The third-order valence-corrected chi connectivity index (χ3v) is 5.57. The third kappa shape index (κ3) is 2.95. The average Bonchev–Trinajstić information content (AvgIpc) is 3.22. The van der Waals surface area contributed by atoms with Crippen LogP contribution in [0.3, 0.4) is 0 Å². The molecule has 0 spiro atoms. The number of aromatic nitrogens is 4. The molecule has 7 nitrogen and oxygen atoms in total. The summed E-state index contributed by atoms with van der Waals surface area (Å²) in [5.74, 6) is 2.43. The van der Waals surface area contributed by atoms with Crippen LogP contribution in [-0.2, 0) is 19.5 Å². The molecule has 8 heteroatoms. The van der Waals surface area contributed by atoms with E-state index in [1.807, 2.05) is 30.0 Å². The van der Waals surface area contributed by atoms with Crippen molar-refractivity contribution in [2.45, 2.75) is 39.4 Å². The molecule has 2 aliphatic rings. The van der Waals surface area contributed by atoms with Gasteiger partial charge in [-0.05, 0) is 25.7 Å². The summed E-state index contributed by atoms with van der Waals surface area (Å²) in [6.45, 7) is 7.79. The molecule has 0 unspecified atom stereocenters. The Hall–Kier alpha value is -1.80. The molecule has 2 aromatic rings. The van der Waals surface area contributed by atoms with Gasteiger partial charge in [0.1, 0.15) is 10.8 Å². The maximum Gasteiger partial charge on any atom is 0.289 e. The van der Waals surface area contributed by atoms with Crippen molar-refractivity contribution < 1.29 is 4.79 Å². The molecule has 1 fully saturated rings. The van der Waals surface area contributed by atoms with Crippen LogP contribution in [0, 0.1) is 11.8 Å². The molecule has 1 amide bonds. The summed E-state index contributed by atoms with van der Waals surface area (Å²) in [5.41, 5.74) is 0. The van der Waals surface area contributed by atoms with Gasteiger partial charge in [0.15, 0.2) is 0 Å². The third-order valence-electron chi connectivity index (χ3n) is 4.81. The normalized spacial score (nSPS) is 23.3. The van der Waals surface area contributed by atoms with Crippen molar-refractivity contribution in [1.82, 2.24) is 30.0 Å². The Morgan fingerprint density at radius 1 is 1.33 bits per heavy atom. The number of hydrogen-bond donors (Lipinski definition) is 1. The standard InChI is InChI=1S/C16H22N6OS/c1-10(2)18-16(23)15-20-19-13-5-11-6-21(7-12(11)8-22(13)15)9-14-17-3-4-24-14/h3-4,10-12H,5-9H2,1-2H3,(H,18,23)/t11-,12-/m1/s1. The largest absolute Gasteiger partial charge is 0.347 e. The first kappa shape index (κ1) is 15.7. The molecule has 2 aromatic heterocycles. The number of hydrogen-bond acceptors (Lipinski definition) is 6. The number of nitrogens with zero attached hydrogens (tertiary/aromatic N) is 5. The number of rotatable bonds is 4. The van der Waals surface area contributed by atoms with E-state index >= 15 is 0 Å². The molecule has 2 aliphatic heterocycles. The quantitative estimate of drug-likeness (QED) is 0.900. The second kappa shape index (κ2) is 6.25. The first-order valence-electron chi connectivity index (χ1n) is 8.44. The fourth-order valence-corrected chi connectivity index (χ4v) is 4.42. The summed E-state index contributed by atoms with van der Waals surface area (Å²) in [7, 11) is 0. The van der Waals surface area contributed by atoms with Crippen molar-refractivity contribution in [2.75, 3.05) is 13.1 Å². The Kier molecular flexibility index (Phi) is 4.09. The van der Waals surface area contributed by atoms with Crippen LogP contribution in [0.25, 0.3) is 0 Å². The fraction of sp³-hybridized carbons (Fsp3) is 0.625. The minimum absolute atomic E-state index is 0.0991. The number of amides is 1. The highest BCUT2D eigenvalue weighted by atomic mass is 32.1. The van der Waals surface area contributed by atoms with Crippen molar-refractivity contribution in [1.29, 1.82) is 0 Å². The Morgan fingerprint density at radius 3 is 2.92 bits per heavy atom. The summed E-state index contributed by atoms with van der Waals surface area (Å²) in [4.78, 5) is 19.2. The number of nitrogens with one attached hydrogen (secondary N) is 1. The highest BCUT2D eigenvalue weighted by Crippen LogP contribution is 2.33. The molecule has 0 aliphatic carbocycles. The van der Waals surface area contributed by atoms with Crippen molar-refractivity contribution >= 4 is 17.2 Å². The monoisotopic (exact) mass is 346 g/mol. The minimum Gasteiger partial charge on any atom is -0.347 e. The van der Waals surface area contributed by atoms with Crippen molar-refractivity contribution in [3.63, 3.8) is 0 Å². The predicted octanol–water partition coefficient (Wildman–Crippen LogP) is 1.18. The summed E-state index contributed by atoms with van der Waals surface area (Å²) in [6.07, 6.45) is 2.77. The second-order valence-electron chi connectivity index (χ2n) is 7.02. The first-order valence-corrected chi connectivity index (χ1v) is 9.31. The molecule has 0 bridgehead atoms. The van der Waals surface area contributed by atoms with E-state index < -0.39 is 0 Å². The summed E-state index contributed by atoms with van der Waals surface area (Å²) >= 11 is 1.71. The van der Waals surface area contributed by atoms with E-state index in [9.17, 15) is 4.79 Å². The van der Waals surface area contributed by atoms with Crippen LogP contribution in [0.15, 0.2) is 11.6 Å². The molecule has 4 heterocycles. The summed E-state index contributed by atoms with van der Waals surface area (Å²) in [5, 5.41) is 14.5. The number of carbonyl (C=O) groups is 1. The Balaban J connectivity index is 1.46. The Labute approximate surface area is 145 Å². The molecule has 128 valence electrons. The molecular weight excluding hydrogens is 324 g/mol. The lowest BCUT2D eigenvalue weighted by molar-refractivity contribution is 0.0924. The predicted molar refractivity (Wildman–Crippen MR) is 90.7 cm³/mol. The van der Waals surface area contributed by atoms with Gasteiger partial charge in [0.25, 0.3) is 5.91 Å². The highest BCUT2D eigenvalue weighted by Gasteiger charge is 2.39. The number of likely N-dealkylation sites (tertiary alicyclic amines) is 1. The van der Waals surface area contributed by atoms with Gasteiger partial charge < -0.3 is 9.88 Å². The Bertz CT molecular complexity index is 725. The summed E-state index contributed by atoms with van der Waals surface area (Å²) in [6, 6.07) is 0.0991. The van der Waals surface area contributed by atoms with E-state index in [0.29, 0.717) is 17.7 Å². The molecule has 24 heavy (non-hydrogen) atoms. The SMILES string of the molecule is CC(C)NC(=O)c1nnc2n1C[C@H]1CN(Cc3nccs3)C[C@H]1C2.